The van der Waals surface area contributed by atoms with Crippen molar-refractivity contribution in [1.29, 1.82) is 0 Å². The van der Waals surface area contributed by atoms with Crippen molar-refractivity contribution in [3.8, 4) is 0 Å². The van der Waals surface area contributed by atoms with Gasteiger partial charge in [-0.15, -0.1) is 11.3 Å². The van der Waals surface area contributed by atoms with Crippen LogP contribution in [0.4, 0.5) is 17.2 Å². The fraction of sp³-hybridized carbons (Fsp3) is 0.217. The number of nitrogens with two attached hydrogens (primary N) is 1. The van der Waals surface area contributed by atoms with E-state index in [1.54, 1.807) is 6.07 Å². The Balaban J connectivity index is 1.61. The number of nitro benzene ring substituents is 1. The van der Waals surface area contributed by atoms with Gasteiger partial charge in [0.1, 0.15) is 5.82 Å². The van der Waals surface area contributed by atoms with E-state index in [-0.39, 0.29) is 42.6 Å². The molecule has 1 amide bonds. The second-order valence-electron chi connectivity index (χ2n) is 7.78. The lowest BCUT2D eigenvalue weighted by Crippen LogP contribution is -2.43. The molecule has 0 radical (unpaired) electrons. The van der Waals surface area contributed by atoms with Gasteiger partial charge in [-0.2, -0.15) is 0 Å². The number of nitro groups is 1. The average molecular weight is 543 g/mol. The van der Waals surface area contributed by atoms with Crippen molar-refractivity contribution in [3.05, 3.63) is 85.0 Å². The van der Waals surface area contributed by atoms with E-state index in [1.165, 1.54) is 40.0 Å². The third-order valence-electron chi connectivity index (χ3n) is 5.37. The summed E-state index contributed by atoms with van der Waals surface area (Å²) < 4.78 is 7.47. The minimum absolute atomic E-state index is 0.0265. The van der Waals surface area contributed by atoms with Crippen LogP contribution in [-0.2, 0) is 16.1 Å². The zero-order valence-electron chi connectivity index (χ0n) is 19.6. The molecule has 2 heterocycles. The standard InChI is InChI=1S/C23H22N6O6S2/c1-35-10-9-27(18(30)13-36-23-25-16-8-7-15(29(33)34)11-17(16)37-23)19-20(24)28(22(32)26-21(19)31)12-14-5-3-2-4-6-14/h2-8,11H,9-10,12-13,24H2,1H3,(H,26,31,32). The Labute approximate surface area is 217 Å². The lowest BCUT2D eigenvalue weighted by molar-refractivity contribution is -0.384. The quantitative estimate of drug-likeness (QED) is 0.174. The third-order valence-corrected chi connectivity index (χ3v) is 7.52. The number of thiazole rings is 1. The van der Waals surface area contributed by atoms with Crippen molar-refractivity contribution >= 4 is 56.4 Å². The van der Waals surface area contributed by atoms with Crippen molar-refractivity contribution in [2.75, 3.05) is 36.6 Å². The molecular formula is C23H22N6O6S2. The zero-order chi connectivity index (χ0) is 26.5. The summed E-state index contributed by atoms with van der Waals surface area (Å²) in [5.41, 5.74) is 5.98. The van der Waals surface area contributed by atoms with Gasteiger partial charge in [0.15, 0.2) is 10.0 Å². The first kappa shape index (κ1) is 26.1. The predicted octanol–water partition coefficient (Wildman–Crippen LogP) is 2.46. The second-order valence-corrected chi connectivity index (χ2v) is 10.0. The number of fused-ring (bicyclic) bond motifs is 1. The number of nitrogens with one attached hydrogen (secondary N) is 1. The zero-order valence-corrected chi connectivity index (χ0v) is 21.2. The predicted molar refractivity (Wildman–Crippen MR) is 143 cm³/mol. The van der Waals surface area contributed by atoms with Crippen LogP contribution in [0.2, 0.25) is 0 Å². The molecular weight excluding hydrogens is 520 g/mol. The van der Waals surface area contributed by atoms with Crippen molar-refractivity contribution in [3.63, 3.8) is 0 Å². The summed E-state index contributed by atoms with van der Waals surface area (Å²) in [6.45, 7) is 0.255. The highest BCUT2D eigenvalue weighted by molar-refractivity contribution is 8.01. The maximum Gasteiger partial charge on any atom is 0.330 e. The third kappa shape index (κ3) is 5.87. The van der Waals surface area contributed by atoms with Crippen LogP contribution in [0.15, 0.2) is 62.5 Å². The number of nitrogens with zero attached hydrogens (tertiary/aromatic N) is 4. The lowest BCUT2D eigenvalue weighted by atomic mass is 10.2. The normalized spacial score (nSPS) is 11.1. The summed E-state index contributed by atoms with van der Waals surface area (Å²) >= 11 is 2.35. The largest absolute Gasteiger partial charge is 0.383 e. The smallest absolute Gasteiger partial charge is 0.330 e. The Morgan fingerprint density at radius 2 is 2.03 bits per heavy atom. The topological polar surface area (TPSA) is 166 Å². The SMILES string of the molecule is COCCN(C(=O)CSc1nc2ccc([N+](=O)[O-])cc2s1)c1c(N)n(Cc2ccccc2)c(=O)[nH]c1=O. The lowest BCUT2D eigenvalue weighted by Gasteiger charge is -2.24. The molecule has 4 rings (SSSR count). The van der Waals surface area contributed by atoms with Crippen molar-refractivity contribution in [1.82, 2.24) is 14.5 Å². The van der Waals surface area contributed by atoms with Gasteiger partial charge in [-0.1, -0.05) is 42.1 Å². The Hall–Kier alpha value is -4.01. The number of hydrogen-bond acceptors (Lipinski definition) is 10. The highest BCUT2D eigenvalue weighted by Gasteiger charge is 2.25. The average Bonchev–Trinajstić information content (AvgIpc) is 3.29. The minimum Gasteiger partial charge on any atom is -0.383 e. The molecule has 0 fully saturated rings. The molecule has 0 aliphatic heterocycles. The number of anilines is 2. The number of aromatic amines is 1. The first-order valence-corrected chi connectivity index (χ1v) is 12.7. The Morgan fingerprint density at radius 1 is 1.27 bits per heavy atom. The fourth-order valence-corrected chi connectivity index (χ4v) is 5.55. The van der Waals surface area contributed by atoms with Crippen LogP contribution in [0.1, 0.15) is 5.56 Å². The van der Waals surface area contributed by atoms with E-state index in [2.05, 4.69) is 9.97 Å². The van der Waals surface area contributed by atoms with E-state index in [1.807, 2.05) is 30.3 Å². The first-order chi connectivity index (χ1) is 17.8. The molecule has 12 nitrogen and oxygen atoms in total. The van der Waals surface area contributed by atoms with Crippen LogP contribution < -0.4 is 21.9 Å². The number of ether oxygens (including phenoxy) is 1. The van der Waals surface area contributed by atoms with Gasteiger partial charge in [-0.3, -0.25) is 29.3 Å². The molecule has 192 valence electrons. The number of hydrogen-bond donors (Lipinski definition) is 2. The van der Waals surface area contributed by atoms with Gasteiger partial charge >= 0.3 is 5.69 Å². The van der Waals surface area contributed by atoms with Crippen LogP contribution in [0.25, 0.3) is 10.2 Å². The van der Waals surface area contributed by atoms with E-state index in [4.69, 9.17) is 10.5 Å². The summed E-state index contributed by atoms with van der Waals surface area (Å²) in [7, 11) is 1.46. The van der Waals surface area contributed by atoms with Gasteiger partial charge in [-0.05, 0) is 11.6 Å². The van der Waals surface area contributed by atoms with Gasteiger partial charge < -0.3 is 15.4 Å². The molecule has 0 aliphatic carbocycles. The van der Waals surface area contributed by atoms with E-state index in [9.17, 15) is 24.5 Å². The number of carbonyl (C=O) groups is 1. The maximum absolute atomic E-state index is 13.3. The molecule has 2 aromatic heterocycles. The Bertz CT molecular complexity index is 1570. The fourth-order valence-electron chi connectivity index (χ4n) is 3.57. The van der Waals surface area contributed by atoms with Gasteiger partial charge in [0.2, 0.25) is 5.91 Å². The van der Waals surface area contributed by atoms with Gasteiger partial charge in [-0.25, -0.2) is 9.78 Å². The number of rotatable bonds is 10. The number of carbonyl (C=O) groups excluding carboxylic acids is 1. The van der Waals surface area contributed by atoms with Crippen LogP contribution in [0.3, 0.4) is 0 Å². The highest BCUT2D eigenvalue weighted by Crippen LogP contribution is 2.32. The maximum atomic E-state index is 13.3. The van der Waals surface area contributed by atoms with Crippen molar-refractivity contribution in [2.45, 2.75) is 10.9 Å². The summed E-state index contributed by atoms with van der Waals surface area (Å²) in [5.74, 6) is -0.684. The van der Waals surface area contributed by atoms with Crippen molar-refractivity contribution < 1.29 is 14.5 Å². The molecule has 0 saturated heterocycles. The minimum atomic E-state index is -0.784. The Morgan fingerprint density at radius 3 is 2.73 bits per heavy atom. The number of H-pyrrole nitrogens is 1. The molecule has 0 bridgehead atoms. The van der Waals surface area contributed by atoms with E-state index >= 15 is 0 Å². The number of thioether (sulfide) groups is 1. The molecule has 0 saturated carbocycles. The van der Waals surface area contributed by atoms with Crippen LogP contribution in [0.5, 0.6) is 0 Å². The van der Waals surface area contributed by atoms with Crippen LogP contribution >= 0.6 is 23.1 Å². The number of aromatic nitrogens is 3. The second kappa shape index (κ2) is 11.4. The van der Waals surface area contributed by atoms with E-state index in [0.29, 0.717) is 14.6 Å². The van der Waals surface area contributed by atoms with E-state index < -0.39 is 22.1 Å². The molecule has 3 N–H and O–H groups in total. The first-order valence-electron chi connectivity index (χ1n) is 10.9. The summed E-state index contributed by atoms with van der Waals surface area (Å²) in [6, 6.07) is 13.4. The monoisotopic (exact) mass is 542 g/mol. The molecule has 14 heteroatoms. The Kier molecular flexibility index (Phi) is 8.01. The summed E-state index contributed by atoms with van der Waals surface area (Å²) in [4.78, 5) is 57.0. The van der Waals surface area contributed by atoms with Crippen molar-refractivity contribution in [2.24, 2.45) is 0 Å². The van der Waals surface area contributed by atoms with Gasteiger partial charge in [0.25, 0.3) is 11.2 Å². The summed E-state index contributed by atoms with van der Waals surface area (Å²) in [6.07, 6.45) is 0. The molecule has 37 heavy (non-hydrogen) atoms. The number of non-ortho nitro benzene ring substituents is 1. The number of methoxy groups -OCH3 is 1. The number of amides is 1. The van der Waals surface area contributed by atoms with Gasteiger partial charge in [0, 0.05) is 25.8 Å². The molecule has 4 aromatic rings. The molecule has 0 spiro atoms. The highest BCUT2D eigenvalue weighted by atomic mass is 32.2. The number of nitrogen functional groups attached to an aromatic ring is 1. The van der Waals surface area contributed by atoms with Crippen LogP contribution in [-0.4, -0.2) is 51.4 Å². The van der Waals surface area contributed by atoms with Gasteiger partial charge in [0.05, 0.1) is 34.0 Å². The molecule has 0 atom stereocenters. The van der Waals surface area contributed by atoms with Crippen LogP contribution in [0, 0.1) is 10.1 Å². The number of benzene rings is 2. The molecule has 0 unspecified atom stereocenters. The van der Waals surface area contributed by atoms with E-state index in [0.717, 1.165) is 17.3 Å². The summed E-state index contributed by atoms with van der Waals surface area (Å²) in [5, 5.41) is 11.0. The molecule has 0 aliphatic rings. The molecule has 2 aromatic carbocycles.